The van der Waals surface area contributed by atoms with Crippen LogP contribution in [0.4, 0.5) is 4.39 Å². The molecule has 4 aromatic rings. The molecule has 0 fully saturated rings. The molecule has 0 spiro atoms. The Morgan fingerprint density at radius 2 is 1.56 bits per heavy atom. The van der Waals surface area contributed by atoms with Crippen LogP contribution in [0.3, 0.4) is 0 Å². The van der Waals surface area contributed by atoms with Crippen LogP contribution in [-0.4, -0.2) is 40.3 Å². The van der Waals surface area contributed by atoms with Gasteiger partial charge < -0.3 is 4.90 Å². The van der Waals surface area contributed by atoms with Crippen LogP contribution in [0.2, 0.25) is 0 Å². The predicted molar refractivity (Wildman–Crippen MR) is 128 cm³/mol. The van der Waals surface area contributed by atoms with Crippen LogP contribution in [-0.2, 0) is 19.4 Å². The molecule has 2 heterocycles. The molecule has 0 bridgehead atoms. The summed E-state index contributed by atoms with van der Waals surface area (Å²) in [6, 6.07) is 21.3. The first-order valence-electron chi connectivity index (χ1n) is 11.1. The number of aromatic nitrogens is 3. The first-order chi connectivity index (χ1) is 15.6. The van der Waals surface area contributed by atoms with Crippen molar-refractivity contribution in [3.05, 3.63) is 96.2 Å². The van der Waals surface area contributed by atoms with Crippen molar-refractivity contribution in [1.29, 1.82) is 0 Å². The highest BCUT2D eigenvalue weighted by molar-refractivity contribution is 5.82. The maximum Gasteiger partial charge on any atom is 0.123 e. The lowest BCUT2D eigenvalue weighted by atomic mass is 9.96. The van der Waals surface area contributed by atoms with E-state index >= 15 is 0 Å². The maximum absolute atomic E-state index is 13.6. The number of hydrogen-bond acceptors (Lipinski definition) is 3. The second-order valence-corrected chi connectivity index (χ2v) is 8.28. The molecule has 4 rings (SSSR count). The topological polar surface area (TPSA) is 34.0 Å². The fourth-order valence-electron chi connectivity index (χ4n) is 3.97. The van der Waals surface area contributed by atoms with E-state index in [4.69, 9.17) is 5.10 Å². The van der Waals surface area contributed by atoms with Gasteiger partial charge in [0, 0.05) is 35.8 Å². The first kappa shape index (κ1) is 21.9. The van der Waals surface area contributed by atoms with E-state index in [9.17, 15) is 4.39 Å². The summed E-state index contributed by atoms with van der Waals surface area (Å²) in [5, 5.41) is 5.03. The lowest BCUT2D eigenvalue weighted by Crippen LogP contribution is -2.20. The molecule has 0 amide bonds. The molecule has 4 nitrogen and oxygen atoms in total. The number of rotatable bonds is 9. The Kier molecular flexibility index (Phi) is 7.07. The van der Waals surface area contributed by atoms with E-state index in [0.717, 1.165) is 54.7 Å². The van der Waals surface area contributed by atoms with E-state index in [2.05, 4.69) is 59.0 Å². The molecule has 0 aliphatic heterocycles. The molecule has 2 aromatic carbocycles. The van der Waals surface area contributed by atoms with Gasteiger partial charge in [-0.3, -0.25) is 9.67 Å². The number of benzene rings is 2. The second kappa shape index (κ2) is 10.3. The van der Waals surface area contributed by atoms with Crippen molar-refractivity contribution >= 4 is 0 Å². The average Bonchev–Trinajstić information content (AvgIpc) is 3.18. The van der Waals surface area contributed by atoms with Gasteiger partial charge in [0.1, 0.15) is 11.5 Å². The summed E-state index contributed by atoms with van der Waals surface area (Å²) in [5.41, 5.74) is 6.58. The number of hydrogen-bond donors (Lipinski definition) is 0. The van der Waals surface area contributed by atoms with E-state index in [-0.39, 0.29) is 5.82 Å². The van der Waals surface area contributed by atoms with Crippen molar-refractivity contribution in [3.8, 4) is 22.4 Å². The van der Waals surface area contributed by atoms with Gasteiger partial charge in [-0.1, -0.05) is 30.3 Å². The van der Waals surface area contributed by atoms with Gasteiger partial charge in [0.2, 0.25) is 0 Å². The molecular formula is C27H29FN4. The maximum atomic E-state index is 13.6. The van der Waals surface area contributed by atoms with E-state index < -0.39 is 0 Å². The lowest BCUT2D eigenvalue weighted by molar-refractivity contribution is 0.369. The predicted octanol–water partition coefficient (Wildman–Crippen LogP) is 5.49. The molecule has 0 aliphatic carbocycles. The molecule has 0 saturated heterocycles. The van der Waals surface area contributed by atoms with Gasteiger partial charge in [-0.25, -0.2) is 4.39 Å². The quantitative estimate of drug-likeness (QED) is 0.354. The third-order valence-electron chi connectivity index (χ3n) is 5.63. The summed E-state index contributed by atoms with van der Waals surface area (Å²) in [5.74, 6) is -0.241. The number of pyridine rings is 1. The standard InChI is InChI=1S/C27H29FN4/c1-31(2)19-20-32-25(10-6-9-21-7-4-3-5-8-21)26(22-15-17-29-18-16-22)27(30-32)23-11-13-24(28)14-12-23/h3-5,7-8,11-18H,6,9-10,19-20H2,1-2H3. The molecular weight excluding hydrogens is 399 g/mol. The number of nitrogens with zero attached hydrogens (tertiary/aromatic N) is 4. The van der Waals surface area contributed by atoms with Crippen molar-refractivity contribution in [3.63, 3.8) is 0 Å². The molecule has 164 valence electrons. The Morgan fingerprint density at radius 1 is 0.844 bits per heavy atom. The molecule has 0 atom stereocenters. The molecule has 0 aliphatic rings. The molecule has 0 unspecified atom stereocenters. The van der Waals surface area contributed by atoms with Crippen molar-refractivity contribution in [1.82, 2.24) is 19.7 Å². The summed E-state index contributed by atoms with van der Waals surface area (Å²) < 4.78 is 15.7. The largest absolute Gasteiger partial charge is 0.308 e. The summed E-state index contributed by atoms with van der Waals surface area (Å²) in [4.78, 5) is 6.37. The molecule has 0 N–H and O–H groups in total. The zero-order valence-corrected chi connectivity index (χ0v) is 18.7. The highest BCUT2D eigenvalue weighted by atomic mass is 19.1. The molecule has 2 aromatic heterocycles. The van der Waals surface area contributed by atoms with Crippen LogP contribution in [0.5, 0.6) is 0 Å². The third kappa shape index (κ3) is 5.29. The minimum atomic E-state index is -0.241. The van der Waals surface area contributed by atoms with Crippen molar-refractivity contribution in [2.75, 3.05) is 20.6 Å². The number of likely N-dealkylation sites (N-methyl/N-ethyl adjacent to an activating group) is 1. The number of aryl methyl sites for hydroxylation is 1. The van der Waals surface area contributed by atoms with Crippen molar-refractivity contribution in [2.24, 2.45) is 0 Å². The monoisotopic (exact) mass is 428 g/mol. The zero-order valence-electron chi connectivity index (χ0n) is 18.7. The fourth-order valence-corrected chi connectivity index (χ4v) is 3.97. The van der Waals surface area contributed by atoms with E-state index in [0.29, 0.717) is 0 Å². The minimum Gasteiger partial charge on any atom is -0.308 e. The highest BCUT2D eigenvalue weighted by Crippen LogP contribution is 2.35. The number of halogens is 1. The van der Waals surface area contributed by atoms with Crippen LogP contribution in [0, 0.1) is 5.82 Å². The van der Waals surface area contributed by atoms with Gasteiger partial charge in [-0.15, -0.1) is 0 Å². The van der Waals surface area contributed by atoms with E-state index in [1.807, 2.05) is 36.7 Å². The Labute approximate surface area is 189 Å². The van der Waals surface area contributed by atoms with Crippen molar-refractivity contribution in [2.45, 2.75) is 25.8 Å². The average molecular weight is 429 g/mol. The van der Waals surface area contributed by atoms with Crippen LogP contribution in [0.1, 0.15) is 17.7 Å². The lowest BCUT2D eigenvalue weighted by Gasteiger charge is -2.13. The van der Waals surface area contributed by atoms with Crippen LogP contribution >= 0.6 is 0 Å². The van der Waals surface area contributed by atoms with Crippen LogP contribution in [0.15, 0.2) is 79.1 Å². The second-order valence-electron chi connectivity index (χ2n) is 8.28. The Morgan fingerprint density at radius 3 is 2.25 bits per heavy atom. The van der Waals surface area contributed by atoms with Gasteiger partial charge >= 0.3 is 0 Å². The van der Waals surface area contributed by atoms with Crippen molar-refractivity contribution < 1.29 is 4.39 Å². The smallest absolute Gasteiger partial charge is 0.123 e. The Bertz CT molecular complexity index is 1120. The van der Waals surface area contributed by atoms with Gasteiger partial charge in [0.25, 0.3) is 0 Å². The summed E-state index contributed by atoms with van der Waals surface area (Å²) in [7, 11) is 4.15. The van der Waals surface area contributed by atoms with Crippen LogP contribution < -0.4 is 0 Å². The summed E-state index contributed by atoms with van der Waals surface area (Å²) >= 11 is 0. The normalized spacial score (nSPS) is 11.2. The molecule has 0 radical (unpaired) electrons. The van der Waals surface area contributed by atoms with Crippen LogP contribution in [0.25, 0.3) is 22.4 Å². The summed E-state index contributed by atoms with van der Waals surface area (Å²) in [6.07, 6.45) is 6.58. The van der Waals surface area contributed by atoms with Gasteiger partial charge in [0.15, 0.2) is 0 Å². The minimum absolute atomic E-state index is 0.241. The first-order valence-corrected chi connectivity index (χ1v) is 11.1. The fraction of sp³-hybridized carbons (Fsp3) is 0.259. The van der Waals surface area contributed by atoms with E-state index in [1.165, 1.54) is 23.4 Å². The van der Waals surface area contributed by atoms with Gasteiger partial charge in [-0.2, -0.15) is 5.10 Å². The molecule has 32 heavy (non-hydrogen) atoms. The Hall–Kier alpha value is -3.31. The highest BCUT2D eigenvalue weighted by Gasteiger charge is 2.20. The molecule has 5 heteroatoms. The van der Waals surface area contributed by atoms with Gasteiger partial charge in [-0.05, 0) is 80.9 Å². The molecule has 0 saturated carbocycles. The Balaban J connectivity index is 1.75. The van der Waals surface area contributed by atoms with E-state index in [1.54, 1.807) is 0 Å². The SMILES string of the molecule is CN(C)CCn1nc(-c2ccc(F)cc2)c(-c2ccncc2)c1CCCc1ccccc1. The summed E-state index contributed by atoms with van der Waals surface area (Å²) in [6.45, 7) is 1.69. The van der Waals surface area contributed by atoms with Gasteiger partial charge in [0.05, 0.1) is 6.54 Å². The third-order valence-corrected chi connectivity index (χ3v) is 5.63. The zero-order chi connectivity index (χ0) is 22.3.